The number of carbonyl (C=O) groups excluding carboxylic acids is 1. The third-order valence-corrected chi connectivity index (χ3v) is 3.72. The van der Waals surface area contributed by atoms with Gasteiger partial charge in [-0.25, -0.2) is 5.43 Å². The topological polar surface area (TPSA) is 70.9 Å². The molecule has 25 heavy (non-hydrogen) atoms. The standard InChI is InChI=1S/C20H18N2O3/c1-14(15-6-9-18(23)10-7-15)21-22-20(24)13-25-19-11-8-16-4-2-3-5-17(16)12-19/h2-12,23H,13H2,1H3,(H,22,24)/b21-14+. The van der Waals surface area contributed by atoms with Crippen LogP contribution in [0, 0.1) is 0 Å². The average Bonchev–Trinajstić information content (AvgIpc) is 2.65. The van der Waals surface area contributed by atoms with Gasteiger partial charge in [-0.15, -0.1) is 0 Å². The Labute approximate surface area is 145 Å². The summed E-state index contributed by atoms with van der Waals surface area (Å²) in [7, 11) is 0. The summed E-state index contributed by atoms with van der Waals surface area (Å²) in [6, 6.07) is 20.2. The van der Waals surface area contributed by atoms with Crippen molar-refractivity contribution < 1.29 is 14.6 Å². The van der Waals surface area contributed by atoms with E-state index in [2.05, 4.69) is 10.5 Å². The molecular weight excluding hydrogens is 316 g/mol. The predicted molar refractivity (Wildman–Crippen MR) is 97.9 cm³/mol. The molecule has 3 aromatic carbocycles. The van der Waals surface area contributed by atoms with E-state index in [4.69, 9.17) is 4.74 Å². The number of benzene rings is 3. The SMILES string of the molecule is C/C(=N\NC(=O)COc1ccc2ccccc2c1)c1ccc(O)cc1. The summed E-state index contributed by atoms with van der Waals surface area (Å²) in [6.07, 6.45) is 0. The van der Waals surface area contributed by atoms with E-state index < -0.39 is 0 Å². The second-order valence-electron chi connectivity index (χ2n) is 5.58. The van der Waals surface area contributed by atoms with Crippen LogP contribution in [0.15, 0.2) is 71.8 Å². The van der Waals surface area contributed by atoms with Crippen LogP contribution < -0.4 is 10.2 Å². The highest BCUT2D eigenvalue weighted by atomic mass is 16.5. The minimum atomic E-state index is -0.341. The lowest BCUT2D eigenvalue weighted by Crippen LogP contribution is -2.25. The van der Waals surface area contributed by atoms with Crippen molar-refractivity contribution >= 4 is 22.4 Å². The number of hydrogen-bond donors (Lipinski definition) is 2. The zero-order chi connectivity index (χ0) is 17.6. The smallest absolute Gasteiger partial charge is 0.277 e. The summed E-state index contributed by atoms with van der Waals surface area (Å²) in [5, 5.41) is 15.5. The Balaban J connectivity index is 1.56. The second kappa shape index (κ2) is 7.49. The molecular formula is C20H18N2O3. The van der Waals surface area contributed by atoms with Gasteiger partial charge >= 0.3 is 0 Å². The van der Waals surface area contributed by atoms with Gasteiger partial charge in [-0.1, -0.05) is 30.3 Å². The molecule has 0 aliphatic carbocycles. The monoisotopic (exact) mass is 334 g/mol. The molecule has 0 saturated heterocycles. The summed E-state index contributed by atoms with van der Waals surface area (Å²) < 4.78 is 5.52. The zero-order valence-corrected chi connectivity index (χ0v) is 13.8. The molecule has 0 bridgehead atoms. The number of nitrogens with one attached hydrogen (secondary N) is 1. The van der Waals surface area contributed by atoms with Crippen molar-refractivity contribution in [2.24, 2.45) is 5.10 Å². The number of hydrogen-bond acceptors (Lipinski definition) is 4. The number of hydrazone groups is 1. The van der Waals surface area contributed by atoms with E-state index in [9.17, 15) is 9.90 Å². The van der Waals surface area contributed by atoms with Crippen molar-refractivity contribution in [1.82, 2.24) is 5.43 Å². The van der Waals surface area contributed by atoms with E-state index in [1.165, 1.54) is 0 Å². The van der Waals surface area contributed by atoms with E-state index in [0.717, 1.165) is 16.3 Å². The van der Waals surface area contributed by atoms with Crippen LogP contribution in [-0.2, 0) is 4.79 Å². The van der Waals surface area contributed by atoms with Crippen LogP contribution in [0.25, 0.3) is 10.8 Å². The van der Waals surface area contributed by atoms with Gasteiger partial charge in [0.15, 0.2) is 6.61 Å². The Hall–Kier alpha value is -3.34. The second-order valence-corrected chi connectivity index (χ2v) is 5.58. The van der Waals surface area contributed by atoms with Gasteiger partial charge in [0.1, 0.15) is 11.5 Å². The van der Waals surface area contributed by atoms with Crippen LogP contribution in [0.1, 0.15) is 12.5 Å². The minimum Gasteiger partial charge on any atom is -0.508 e. The average molecular weight is 334 g/mol. The third kappa shape index (κ3) is 4.35. The molecule has 2 N–H and O–H groups in total. The highest BCUT2D eigenvalue weighted by Crippen LogP contribution is 2.20. The van der Waals surface area contributed by atoms with Crippen molar-refractivity contribution in [3.05, 3.63) is 72.3 Å². The van der Waals surface area contributed by atoms with Gasteiger partial charge in [0.25, 0.3) is 5.91 Å². The molecule has 5 heteroatoms. The Bertz CT molecular complexity index is 918. The first kappa shape index (κ1) is 16.5. The Morgan fingerprint density at radius 3 is 2.52 bits per heavy atom. The highest BCUT2D eigenvalue weighted by molar-refractivity contribution is 5.99. The molecule has 0 saturated carbocycles. The fourth-order valence-electron chi connectivity index (χ4n) is 2.35. The molecule has 0 radical (unpaired) electrons. The fourth-order valence-corrected chi connectivity index (χ4v) is 2.35. The first-order valence-electron chi connectivity index (χ1n) is 7.86. The van der Waals surface area contributed by atoms with E-state index in [1.54, 1.807) is 31.2 Å². The Morgan fingerprint density at radius 1 is 1.04 bits per heavy atom. The van der Waals surface area contributed by atoms with Crippen LogP contribution >= 0.6 is 0 Å². The zero-order valence-electron chi connectivity index (χ0n) is 13.8. The number of phenolic OH excluding ortho intramolecular Hbond substituents is 1. The quantitative estimate of drug-likeness (QED) is 0.554. The molecule has 0 fully saturated rings. The Kier molecular flexibility index (Phi) is 4.95. The van der Waals surface area contributed by atoms with Gasteiger partial charge in [-0.3, -0.25) is 4.79 Å². The van der Waals surface area contributed by atoms with Crippen LogP contribution in [-0.4, -0.2) is 23.3 Å². The molecule has 0 aliphatic heterocycles. The summed E-state index contributed by atoms with van der Waals surface area (Å²) in [5.41, 5.74) is 3.92. The first-order valence-corrected chi connectivity index (χ1v) is 7.86. The summed E-state index contributed by atoms with van der Waals surface area (Å²) in [5.74, 6) is 0.476. The van der Waals surface area contributed by atoms with E-state index >= 15 is 0 Å². The van der Waals surface area contributed by atoms with Crippen molar-refractivity contribution in [1.29, 1.82) is 0 Å². The largest absolute Gasteiger partial charge is 0.508 e. The van der Waals surface area contributed by atoms with Gasteiger partial charge in [0.2, 0.25) is 0 Å². The first-order chi connectivity index (χ1) is 12.1. The maximum atomic E-state index is 11.9. The van der Waals surface area contributed by atoms with Crippen molar-refractivity contribution in [3.63, 3.8) is 0 Å². The molecule has 3 aromatic rings. The molecule has 0 aromatic heterocycles. The van der Waals surface area contributed by atoms with Crippen molar-refractivity contribution in [2.45, 2.75) is 6.92 Å². The fraction of sp³-hybridized carbons (Fsp3) is 0.100. The third-order valence-electron chi connectivity index (χ3n) is 3.72. The van der Waals surface area contributed by atoms with Gasteiger partial charge in [0, 0.05) is 0 Å². The van der Waals surface area contributed by atoms with Gasteiger partial charge in [0.05, 0.1) is 5.71 Å². The molecule has 5 nitrogen and oxygen atoms in total. The van der Waals surface area contributed by atoms with E-state index in [1.807, 2.05) is 42.5 Å². The number of phenols is 1. The molecule has 1 amide bonds. The number of ether oxygens (including phenoxy) is 1. The summed E-state index contributed by atoms with van der Waals surface area (Å²) >= 11 is 0. The van der Waals surface area contributed by atoms with Crippen LogP contribution in [0.4, 0.5) is 0 Å². The number of aromatic hydroxyl groups is 1. The lowest BCUT2D eigenvalue weighted by Gasteiger charge is -2.07. The summed E-state index contributed by atoms with van der Waals surface area (Å²) in [6.45, 7) is 1.65. The highest BCUT2D eigenvalue weighted by Gasteiger charge is 2.04. The van der Waals surface area contributed by atoms with Crippen molar-refractivity contribution in [3.8, 4) is 11.5 Å². The van der Waals surface area contributed by atoms with Crippen molar-refractivity contribution in [2.75, 3.05) is 6.61 Å². The molecule has 0 atom stereocenters. The lowest BCUT2D eigenvalue weighted by atomic mass is 10.1. The van der Waals surface area contributed by atoms with Crippen LogP contribution in [0.5, 0.6) is 11.5 Å². The molecule has 0 aliphatic rings. The van der Waals surface area contributed by atoms with E-state index in [0.29, 0.717) is 11.5 Å². The number of nitrogens with zero attached hydrogens (tertiary/aromatic N) is 1. The number of rotatable bonds is 5. The number of carbonyl (C=O) groups is 1. The summed E-state index contributed by atoms with van der Waals surface area (Å²) in [4.78, 5) is 11.9. The molecule has 0 unspecified atom stereocenters. The molecule has 126 valence electrons. The normalized spacial score (nSPS) is 11.3. The van der Waals surface area contributed by atoms with Gasteiger partial charge in [-0.05, 0) is 59.7 Å². The number of fused-ring (bicyclic) bond motifs is 1. The molecule has 0 heterocycles. The van der Waals surface area contributed by atoms with E-state index in [-0.39, 0.29) is 18.3 Å². The molecule has 0 spiro atoms. The maximum absolute atomic E-state index is 11.9. The van der Waals surface area contributed by atoms with Crippen LogP contribution in [0.2, 0.25) is 0 Å². The minimum absolute atomic E-state index is 0.120. The van der Waals surface area contributed by atoms with Gasteiger partial charge in [-0.2, -0.15) is 5.10 Å². The Morgan fingerprint density at radius 2 is 1.76 bits per heavy atom. The maximum Gasteiger partial charge on any atom is 0.277 e. The predicted octanol–water partition coefficient (Wildman–Crippen LogP) is 3.46. The van der Waals surface area contributed by atoms with Crippen LogP contribution in [0.3, 0.4) is 0 Å². The lowest BCUT2D eigenvalue weighted by molar-refractivity contribution is -0.123. The molecule has 3 rings (SSSR count). The number of amides is 1. The van der Waals surface area contributed by atoms with Gasteiger partial charge < -0.3 is 9.84 Å².